The van der Waals surface area contributed by atoms with Crippen molar-refractivity contribution in [2.45, 2.75) is 7.43 Å². The molecule has 0 spiro atoms. The average Bonchev–Trinajstić information content (AvgIpc) is 0. The van der Waals surface area contributed by atoms with Gasteiger partial charge in [0.2, 0.25) is 0 Å². The Balaban J connectivity index is 0. The van der Waals surface area contributed by atoms with Crippen LogP contribution in [0, 0.1) is 0 Å². The van der Waals surface area contributed by atoms with Crippen LogP contribution in [0.2, 0.25) is 0 Å². The van der Waals surface area contributed by atoms with Crippen molar-refractivity contribution in [2.24, 2.45) is 0 Å². The summed E-state index contributed by atoms with van der Waals surface area (Å²) in [5.74, 6) is 0. The Kier molecular flexibility index (Phi) is 249. The third kappa shape index (κ3) is 9.37. The summed E-state index contributed by atoms with van der Waals surface area (Å²) in [7, 11) is 0. The molecule has 0 rings (SSSR count). The Labute approximate surface area is 61.2 Å². The van der Waals surface area contributed by atoms with E-state index in [4.69, 9.17) is 0 Å². The van der Waals surface area contributed by atoms with E-state index in [0.717, 1.165) is 0 Å². The van der Waals surface area contributed by atoms with Crippen molar-refractivity contribution in [2.75, 3.05) is 0 Å². The Hall–Kier alpha value is 1.68. The monoisotopic (exact) mass is 236 g/mol. The van der Waals surface area contributed by atoms with Crippen molar-refractivity contribution < 1.29 is 54.0 Å². The van der Waals surface area contributed by atoms with Gasteiger partial charge in [-0.25, -0.2) is 0 Å². The van der Waals surface area contributed by atoms with E-state index in [-0.39, 0.29) is 61.4 Å². The summed E-state index contributed by atoms with van der Waals surface area (Å²) in [4.78, 5) is 0. The molecule has 0 bridgehead atoms. The SMILES string of the molecule is C.[Fe].[Ni].[Pd]. The van der Waals surface area contributed by atoms with Crippen LogP contribution in [0.25, 0.3) is 0 Å². The van der Waals surface area contributed by atoms with Crippen LogP contribution in [0.1, 0.15) is 7.43 Å². The van der Waals surface area contributed by atoms with Crippen molar-refractivity contribution in [1.29, 1.82) is 0 Å². The van der Waals surface area contributed by atoms with E-state index in [2.05, 4.69) is 0 Å². The summed E-state index contributed by atoms with van der Waals surface area (Å²) in [6.07, 6.45) is 0. The second-order valence-electron chi connectivity index (χ2n) is 0. The van der Waals surface area contributed by atoms with Crippen molar-refractivity contribution in [1.82, 2.24) is 0 Å². The van der Waals surface area contributed by atoms with Gasteiger partial charge in [-0.3, -0.25) is 0 Å². The van der Waals surface area contributed by atoms with E-state index in [1.807, 2.05) is 0 Å². The smallest absolute Gasteiger partial charge is 0 e. The van der Waals surface area contributed by atoms with Crippen LogP contribution in [-0.4, -0.2) is 0 Å². The second-order valence-corrected chi connectivity index (χ2v) is 0. The van der Waals surface area contributed by atoms with Gasteiger partial charge in [-0.2, -0.15) is 0 Å². The standard InChI is InChI=1S/CH4.Fe.Ni.Pd/h1H4;;;. The van der Waals surface area contributed by atoms with E-state index in [0.29, 0.717) is 0 Å². The summed E-state index contributed by atoms with van der Waals surface area (Å²) in [6, 6.07) is 0. The van der Waals surface area contributed by atoms with Gasteiger partial charge in [-0.05, 0) is 0 Å². The Morgan fingerprint density at radius 2 is 1.00 bits per heavy atom. The van der Waals surface area contributed by atoms with E-state index in [1.54, 1.807) is 0 Å². The first-order valence-electron chi connectivity index (χ1n) is 0. The van der Waals surface area contributed by atoms with E-state index in [9.17, 15) is 0 Å². The van der Waals surface area contributed by atoms with Crippen molar-refractivity contribution in [3.63, 3.8) is 0 Å². The molecular weight excluding hydrogens is 233 g/mol. The van der Waals surface area contributed by atoms with E-state index in [1.165, 1.54) is 0 Å². The van der Waals surface area contributed by atoms with Gasteiger partial charge in [0.05, 0.1) is 0 Å². The maximum Gasteiger partial charge on any atom is 0 e. The Morgan fingerprint density at radius 3 is 1.00 bits per heavy atom. The molecule has 0 aliphatic heterocycles. The second kappa shape index (κ2) is 22.5. The molecule has 0 heterocycles. The minimum absolute atomic E-state index is 0. The maximum absolute atomic E-state index is 0. The molecule has 0 unspecified atom stereocenters. The molecule has 0 aromatic rings. The zero-order valence-corrected chi connectivity index (χ0v) is 4.63. The van der Waals surface area contributed by atoms with Gasteiger partial charge in [0.1, 0.15) is 0 Å². The summed E-state index contributed by atoms with van der Waals surface area (Å²) in [5.41, 5.74) is 0. The van der Waals surface area contributed by atoms with E-state index >= 15 is 0 Å². The summed E-state index contributed by atoms with van der Waals surface area (Å²) >= 11 is 0. The van der Waals surface area contributed by atoms with Crippen LogP contribution in [0.15, 0.2) is 0 Å². The number of hydrogen-bond donors (Lipinski definition) is 0. The molecule has 36 valence electrons. The molecule has 0 radical (unpaired) electrons. The van der Waals surface area contributed by atoms with Crippen LogP contribution in [0.4, 0.5) is 0 Å². The van der Waals surface area contributed by atoms with Crippen molar-refractivity contribution in [3.05, 3.63) is 0 Å². The number of hydrogen-bond acceptors (Lipinski definition) is 0. The minimum atomic E-state index is 0. The molecule has 0 fully saturated rings. The van der Waals surface area contributed by atoms with Gasteiger partial charge in [-0.1, -0.05) is 7.43 Å². The molecule has 0 aliphatic carbocycles. The fourth-order valence-corrected chi connectivity index (χ4v) is 0. The first-order valence-corrected chi connectivity index (χ1v) is 0. The molecule has 0 nitrogen and oxygen atoms in total. The largest absolute Gasteiger partial charge is 0.0776 e. The Bertz CT molecular complexity index is 8.00. The van der Waals surface area contributed by atoms with Gasteiger partial charge in [0.25, 0.3) is 0 Å². The topological polar surface area (TPSA) is 0 Å². The quantitative estimate of drug-likeness (QED) is 0.542. The zero-order valence-electron chi connectivity index (χ0n) is 0.986. The maximum atomic E-state index is 0. The third-order valence-electron chi connectivity index (χ3n) is 0. The molecule has 0 aromatic carbocycles. The fourth-order valence-electron chi connectivity index (χ4n) is 0. The predicted molar refractivity (Wildman–Crippen MR) is 6.73 cm³/mol. The van der Waals surface area contributed by atoms with Crippen LogP contribution in [-0.2, 0) is 54.0 Å². The van der Waals surface area contributed by atoms with E-state index < -0.39 is 0 Å². The van der Waals surface area contributed by atoms with Gasteiger partial charge in [0.15, 0.2) is 0 Å². The van der Waals surface area contributed by atoms with Crippen molar-refractivity contribution in [3.8, 4) is 0 Å². The van der Waals surface area contributed by atoms with Gasteiger partial charge < -0.3 is 0 Å². The predicted octanol–water partition coefficient (Wildman–Crippen LogP) is 0.629. The average molecular weight is 237 g/mol. The first-order chi connectivity index (χ1) is 0. The minimum Gasteiger partial charge on any atom is -0.0776 e. The summed E-state index contributed by atoms with van der Waals surface area (Å²) in [6.45, 7) is 0. The zero-order chi connectivity index (χ0) is 0. The molecule has 0 saturated carbocycles. The molecule has 0 saturated heterocycles. The first kappa shape index (κ1) is 44.2. The number of rotatable bonds is 0. The van der Waals surface area contributed by atoms with Gasteiger partial charge in [-0.15, -0.1) is 0 Å². The molecule has 0 atom stereocenters. The summed E-state index contributed by atoms with van der Waals surface area (Å²) in [5, 5.41) is 0. The molecule has 0 aromatic heterocycles. The van der Waals surface area contributed by atoms with Gasteiger partial charge in [0, 0.05) is 54.0 Å². The molecule has 4 heavy (non-hydrogen) atoms. The Morgan fingerprint density at radius 1 is 1.00 bits per heavy atom. The van der Waals surface area contributed by atoms with Crippen LogP contribution in [0.5, 0.6) is 0 Å². The van der Waals surface area contributed by atoms with Crippen molar-refractivity contribution >= 4 is 0 Å². The fraction of sp³-hybridized carbons (Fsp3) is 1.00. The molecular formula is CH4FeNiPd. The normalized spacial score (nSPS) is 0. The molecule has 0 N–H and O–H groups in total. The van der Waals surface area contributed by atoms with Crippen LogP contribution < -0.4 is 0 Å². The molecule has 0 aliphatic rings. The van der Waals surface area contributed by atoms with Gasteiger partial charge >= 0.3 is 0 Å². The molecule has 3 heteroatoms. The summed E-state index contributed by atoms with van der Waals surface area (Å²) < 4.78 is 0. The van der Waals surface area contributed by atoms with Crippen LogP contribution in [0.3, 0.4) is 0 Å². The molecule has 0 amide bonds. The third-order valence-corrected chi connectivity index (χ3v) is 0. The van der Waals surface area contributed by atoms with Crippen LogP contribution >= 0.6 is 0 Å².